The maximum atomic E-state index is 13.6. The highest BCUT2D eigenvalue weighted by atomic mass is 19.1. The summed E-state index contributed by atoms with van der Waals surface area (Å²) in [6, 6.07) is 29.5. The van der Waals surface area contributed by atoms with Crippen LogP contribution in [-0.2, 0) is 6.54 Å². The number of nitrogens with one attached hydrogen (secondary N) is 1. The van der Waals surface area contributed by atoms with Gasteiger partial charge in [-0.3, -0.25) is 9.59 Å². The van der Waals surface area contributed by atoms with Crippen LogP contribution in [0, 0.1) is 5.82 Å². The Hall–Kier alpha value is -6.22. The molecule has 0 atom stereocenters. The van der Waals surface area contributed by atoms with Crippen LogP contribution in [0.2, 0.25) is 0 Å². The lowest BCUT2D eigenvalue weighted by Gasteiger charge is -2.13. The molecule has 0 bridgehead atoms. The van der Waals surface area contributed by atoms with Crippen LogP contribution in [0.15, 0.2) is 127 Å². The van der Waals surface area contributed by atoms with Gasteiger partial charge in [0.25, 0.3) is 11.7 Å². The van der Waals surface area contributed by atoms with Crippen molar-refractivity contribution in [3.8, 4) is 44.9 Å². The molecule has 6 aromatic rings. The monoisotopic (exact) mass is 613 g/mol. The third-order valence-electron chi connectivity index (χ3n) is 7.59. The number of halogens is 1. The fourth-order valence-corrected chi connectivity index (χ4v) is 5.20. The average Bonchev–Trinajstić information content (AvgIpc) is 3.07. The molecule has 0 radical (unpaired) electrons. The quantitative estimate of drug-likeness (QED) is 0.185. The standard InChI is InChI=1S/C37H29FN4O4/c1-46-34-16-11-26(18-33(34)43)27-17-30(36(39)40-19-27)24-9-14-29(15-10-24)41-37(45)32-22-42(20-23-5-3-2-4-6-23)21-31(35(32)44)25-7-12-28(38)13-8-25/h2-19,21-22,43H,20H2,1H3,(H2,39,40)(H,41,45)/p+1. The maximum Gasteiger partial charge on any atom is 0.297 e. The third kappa shape index (κ3) is 6.34. The Kier molecular flexibility index (Phi) is 8.30. The van der Waals surface area contributed by atoms with Gasteiger partial charge in [0.2, 0.25) is 11.2 Å². The Bertz CT molecular complexity index is 2090. The number of nitrogen functional groups attached to an aromatic ring is 1. The van der Waals surface area contributed by atoms with E-state index in [9.17, 15) is 14.0 Å². The largest absolute Gasteiger partial charge is 0.591 e. The molecule has 0 unspecified atom stereocenters. The first-order valence-corrected chi connectivity index (χ1v) is 14.4. The summed E-state index contributed by atoms with van der Waals surface area (Å²) in [5.74, 6) is 0.0719. The zero-order chi connectivity index (χ0) is 32.2. The van der Waals surface area contributed by atoms with E-state index in [1.807, 2.05) is 42.5 Å². The molecule has 0 aliphatic rings. The van der Waals surface area contributed by atoms with Crippen LogP contribution in [0.4, 0.5) is 15.9 Å². The van der Waals surface area contributed by atoms with Gasteiger partial charge in [-0.2, -0.15) is 0 Å². The highest BCUT2D eigenvalue weighted by molar-refractivity contribution is 6.04. The predicted octanol–water partition coefficient (Wildman–Crippen LogP) is 6.71. The van der Waals surface area contributed by atoms with Gasteiger partial charge in [-0.25, -0.2) is 9.37 Å². The van der Waals surface area contributed by atoms with Crippen LogP contribution < -0.4 is 21.2 Å². The summed E-state index contributed by atoms with van der Waals surface area (Å²) in [6.45, 7) is 0.429. The number of benzene rings is 4. The minimum atomic E-state index is -0.572. The van der Waals surface area contributed by atoms with Gasteiger partial charge >= 0.3 is 0 Å². The molecule has 0 fully saturated rings. The van der Waals surface area contributed by atoms with E-state index in [0.717, 1.165) is 22.3 Å². The van der Waals surface area contributed by atoms with E-state index in [1.54, 1.807) is 53.4 Å². The maximum absolute atomic E-state index is 13.6. The van der Waals surface area contributed by atoms with Gasteiger partial charge in [-0.15, -0.1) is 0 Å². The van der Waals surface area contributed by atoms with Gasteiger partial charge in [0.15, 0.2) is 0 Å². The average molecular weight is 614 g/mol. The first kappa shape index (κ1) is 29.8. The molecule has 8 nitrogen and oxygen atoms in total. The molecule has 0 aliphatic carbocycles. The second-order valence-corrected chi connectivity index (χ2v) is 10.7. The topological polar surface area (TPSA) is 122 Å². The highest BCUT2D eigenvalue weighted by Gasteiger charge is 2.18. The number of carbonyl (C=O) groups excluding carboxylic acids is 1. The molecule has 46 heavy (non-hydrogen) atoms. The molecule has 6 rings (SSSR count). The normalized spacial score (nSPS) is 10.8. The van der Waals surface area contributed by atoms with Crippen molar-refractivity contribution in [2.24, 2.45) is 0 Å². The summed E-state index contributed by atoms with van der Waals surface area (Å²) in [6.07, 6.45) is 4.86. The lowest BCUT2D eigenvalue weighted by Crippen LogP contribution is -2.24. The molecule has 0 spiro atoms. The van der Waals surface area contributed by atoms with Crippen LogP contribution in [0.3, 0.4) is 0 Å². The molecule has 0 saturated carbocycles. The molecule has 4 aromatic carbocycles. The Morgan fingerprint density at radius 1 is 0.870 bits per heavy atom. The number of methoxy groups -OCH3 is 1. The van der Waals surface area contributed by atoms with Crippen molar-refractivity contribution < 1.29 is 19.0 Å². The van der Waals surface area contributed by atoms with Gasteiger partial charge in [0.1, 0.15) is 17.2 Å². The molecule has 9 heteroatoms. The molecule has 1 amide bonds. The number of anilines is 2. The van der Waals surface area contributed by atoms with Gasteiger partial charge < -0.3 is 25.5 Å². The number of rotatable bonds is 8. The minimum Gasteiger partial charge on any atom is -0.591 e. The summed E-state index contributed by atoms with van der Waals surface area (Å²) in [5.41, 5.74) is 11.0. The van der Waals surface area contributed by atoms with Crippen molar-refractivity contribution >= 4 is 17.4 Å². The molecule has 0 aliphatic heterocycles. The van der Waals surface area contributed by atoms with Crippen LogP contribution >= 0.6 is 0 Å². The van der Waals surface area contributed by atoms with E-state index in [4.69, 9.17) is 15.6 Å². The highest BCUT2D eigenvalue weighted by Crippen LogP contribution is 2.34. The SMILES string of the molecule is COc1ccc(-c2cnc(N)c(-c3ccc(NC(=O)c4cn(Cc5ccccc5)cc(-c5ccc(F)cc5)c4=O)cc3)c2)cc1[OH2+]. The third-order valence-corrected chi connectivity index (χ3v) is 7.59. The van der Waals surface area contributed by atoms with Crippen LogP contribution in [0.25, 0.3) is 33.4 Å². The number of hydrogen-bond acceptors (Lipinski definition) is 5. The molecule has 5 N–H and O–H groups in total. The van der Waals surface area contributed by atoms with Crippen molar-refractivity contribution in [3.63, 3.8) is 0 Å². The second kappa shape index (κ2) is 12.8. The van der Waals surface area contributed by atoms with Crippen molar-refractivity contribution in [2.75, 3.05) is 18.2 Å². The Labute approximate surface area is 264 Å². The smallest absolute Gasteiger partial charge is 0.297 e. The van der Waals surface area contributed by atoms with Crippen LogP contribution in [-0.4, -0.2) is 27.7 Å². The zero-order valence-electron chi connectivity index (χ0n) is 24.8. The fourth-order valence-electron chi connectivity index (χ4n) is 5.20. The predicted molar refractivity (Wildman–Crippen MR) is 179 cm³/mol. The molecular weight excluding hydrogens is 583 g/mol. The Balaban J connectivity index is 1.28. The van der Waals surface area contributed by atoms with Gasteiger partial charge in [-0.1, -0.05) is 54.6 Å². The number of nitrogens with two attached hydrogens (primary N) is 1. The number of aromatic nitrogens is 2. The zero-order valence-corrected chi connectivity index (χ0v) is 24.8. The van der Waals surface area contributed by atoms with E-state index in [1.165, 1.54) is 37.6 Å². The first-order chi connectivity index (χ1) is 22.3. The lowest BCUT2D eigenvalue weighted by molar-refractivity contribution is 0.102. The van der Waals surface area contributed by atoms with Crippen molar-refractivity contribution in [1.82, 2.24) is 9.55 Å². The fraction of sp³-hybridized carbons (Fsp3) is 0.0541. The molecule has 0 saturated heterocycles. The summed E-state index contributed by atoms with van der Waals surface area (Å²) >= 11 is 0. The van der Waals surface area contributed by atoms with E-state index in [-0.39, 0.29) is 16.9 Å². The van der Waals surface area contributed by atoms with Crippen LogP contribution in [0.1, 0.15) is 15.9 Å². The number of nitrogens with zero attached hydrogens (tertiary/aromatic N) is 2. The minimum absolute atomic E-state index is 0.0452. The lowest BCUT2D eigenvalue weighted by atomic mass is 10.0. The van der Waals surface area contributed by atoms with Crippen molar-refractivity contribution in [3.05, 3.63) is 149 Å². The Morgan fingerprint density at radius 2 is 1.54 bits per heavy atom. The number of hydrogen-bond donors (Lipinski definition) is 2. The summed E-state index contributed by atoms with van der Waals surface area (Å²) in [4.78, 5) is 31.4. The number of amides is 1. The Morgan fingerprint density at radius 3 is 2.24 bits per heavy atom. The molecule has 2 aromatic heterocycles. The van der Waals surface area contributed by atoms with Crippen LogP contribution in [0.5, 0.6) is 11.5 Å². The summed E-state index contributed by atoms with van der Waals surface area (Å²) in [5, 5.41) is 11.0. The molecular formula is C37H30FN4O4+. The van der Waals surface area contributed by atoms with Gasteiger partial charge in [0, 0.05) is 53.6 Å². The van der Waals surface area contributed by atoms with E-state index >= 15 is 0 Å². The number of pyridine rings is 2. The summed E-state index contributed by atoms with van der Waals surface area (Å²) < 4.78 is 20.6. The molecule has 2 heterocycles. The van der Waals surface area contributed by atoms with Gasteiger partial charge in [-0.05, 0) is 64.7 Å². The second-order valence-electron chi connectivity index (χ2n) is 10.7. The van der Waals surface area contributed by atoms with E-state index in [2.05, 4.69) is 10.3 Å². The van der Waals surface area contributed by atoms with E-state index in [0.29, 0.717) is 34.9 Å². The van der Waals surface area contributed by atoms with Crippen molar-refractivity contribution in [1.29, 1.82) is 0 Å². The first-order valence-electron chi connectivity index (χ1n) is 14.4. The van der Waals surface area contributed by atoms with Crippen molar-refractivity contribution in [2.45, 2.75) is 6.54 Å². The number of carbonyl (C=O) groups is 1. The number of ether oxygens (including phenoxy) is 1. The summed E-state index contributed by atoms with van der Waals surface area (Å²) in [7, 11) is 1.52. The van der Waals surface area contributed by atoms with E-state index < -0.39 is 17.2 Å². The molecule has 228 valence electrons. The van der Waals surface area contributed by atoms with Gasteiger partial charge in [0.05, 0.1) is 7.11 Å².